The summed E-state index contributed by atoms with van der Waals surface area (Å²) in [5.41, 5.74) is 5.72. The predicted molar refractivity (Wildman–Crippen MR) is 83.8 cm³/mol. The van der Waals surface area contributed by atoms with E-state index in [-0.39, 0.29) is 24.3 Å². The van der Waals surface area contributed by atoms with Crippen LogP contribution in [0.2, 0.25) is 0 Å². The molecule has 6 nitrogen and oxygen atoms in total. The highest BCUT2D eigenvalue weighted by molar-refractivity contribution is 7.11. The highest BCUT2D eigenvalue weighted by Crippen LogP contribution is 2.14. The van der Waals surface area contributed by atoms with Crippen LogP contribution in [0.5, 0.6) is 0 Å². The van der Waals surface area contributed by atoms with Crippen molar-refractivity contribution in [3.63, 3.8) is 0 Å². The minimum absolute atomic E-state index is 0.0399. The molecule has 0 saturated carbocycles. The minimum atomic E-state index is -0.589. The third-order valence-electron chi connectivity index (χ3n) is 3.18. The van der Waals surface area contributed by atoms with Crippen LogP contribution in [0.4, 0.5) is 0 Å². The molecule has 0 unspecified atom stereocenters. The van der Waals surface area contributed by atoms with Gasteiger partial charge in [-0.2, -0.15) is 0 Å². The van der Waals surface area contributed by atoms with Gasteiger partial charge in [0, 0.05) is 18.1 Å². The van der Waals surface area contributed by atoms with Crippen LogP contribution in [0, 0.1) is 5.92 Å². The molecular formula is C14H24N4O2S. The molecule has 1 atom stereocenters. The number of thiazole rings is 1. The second kappa shape index (κ2) is 8.09. The number of amides is 2. The van der Waals surface area contributed by atoms with Crippen LogP contribution < -0.4 is 11.1 Å². The number of carbonyl (C=O) groups excluding carboxylic acids is 2. The molecule has 0 spiro atoms. The van der Waals surface area contributed by atoms with Gasteiger partial charge in [0.15, 0.2) is 0 Å². The number of nitrogens with two attached hydrogens (primary N) is 1. The number of nitrogens with zero attached hydrogens (tertiary/aromatic N) is 2. The molecule has 3 N–H and O–H groups in total. The third kappa shape index (κ3) is 5.43. The summed E-state index contributed by atoms with van der Waals surface area (Å²) in [4.78, 5) is 30.7. The molecule has 7 heteroatoms. The lowest BCUT2D eigenvalue weighted by Crippen LogP contribution is -2.47. The Bertz CT molecular complexity index is 487. The Morgan fingerprint density at radius 2 is 2.14 bits per heavy atom. The monoisotopic (exact) mass is 312 g/mol. The summed E-state index contributed by atoms with van der Waals surface area (Å²) in [7, 11) is 1.70. The number of nitrogens with one attached hydrogen (secondary N) is 1. The number of aryl methyl sites for hydroxylation is 1. The van der Waals surface area contributed by atoms with Gasteiger partial charge in [0.05, 0.1) is 19.1 Å². The number of hydrogen-bond donors (Lipinski definition) is 2. The van der Waals surface area contributed by atoms with E-state index < -0.39 is 6.04 Å². The maximum absolute atomic E-state index is 12.0. The molecule has 0 aromatic carbocycles. The molecule has 2 amide bonds. The van der Waals surface area contributed by atoms with Crippen molar-refractivity contribution in [1.82, 2.24) is 15.2 Å². The normalized spacial score (nSPS) is 12.3. The first-order valence-corrected chi connectivity index (χ1v) is 7.87. The highest BCUT2D eigenvalue weighted by atomic mass is 32.1. The number of rotatable bonds is 7. The van der Waals surface area contributed by atoms with Gasteiger partial charge in [-0.25, -0.2) is 4.98 Å². The summed E-state index contributed by atoms with van der Waals surface area (Å²) in [6.45, 7) is 6.22. The van der Waals surface area contributed by atoms with Crippen molar-refractivity contribution in [3.05, 3.63) is 16.1 Å². The average Bonchev–Trinajstić information content (AvgIpc) is 2.90. The molecule has 0 aliphatic heterocycles. The zero-order chi connectivity index (χ0) is 16.0. The molecule has 0 radical (unpaired) electrons. The van der Waals surface area contributed by atoms with Crippen molar-refractivity contribution in [3.8, 4) is 0 Å². The van der Waals surface area contributed by atoms with Crippen molar-refractivity contribution in [2.24, 2.45) is 11.7 Å². The van der Waals surface area contributed by atoms with Crippen LogP contribution in [0.1, 0.15) is 30.7 Å². The summed E-state index contributed by atoms with van der Waals surface area (Å²) < 4.78 is 0. The van der Waals surface area contributed by atoms with Gasteiger partial charge in [-0.15, -0.1) is 11.3 Å². The Hall–Kier alpha value is -1.47. The van der Waals surface area contributed by atoms with E-state index in [1.807, 2.05) is 20.0 Å². The SMILES string of the molecule is CCc1cnc(CN(C)C(=O)CNC(=O)[C@@H](N)C(C)C)s1. The molecule has 0 fully saturated rings. The number of hydrogen-bond acceptors (Lipinski definition) is 5. The van der Waals surface area contributed by atoms with Crippen molar-refractivity contribution in [1.29, 1.82) is 0 Å². The van der Waals surface area contributed by atoms with Gasteiger partial charge >= 0.3 is 0 Å². The second-order valence-corrected chi connectivity index (χ2v) is 6.51. The first-order valence-electron chi connectivity index (χ1n) is 7.06. The summed E-state index contributed by atoms with van der Waals surface area (Å²) >= 11 is 1.60. The fourth-order valence-electron chi connectivity index (χ4n) is 1.59. The van der Waals surface area contributed by atoms with Crippen molar-refractivity contribution >= 4 is 23.2 Å². The lowest BCUT2D eigenvalue weighted by atomic mass is 10.1. The second-order valence-electron chi connectivity index (χ2n) is 5.31. The molecule has 0 bridgehead atoms. The summed E-state index contributed by atoms with van der Waals surface area (Å²) in [5.74, 6) is -0.414. The Labute approximate surface area is 129 Å². The molecule has 21 heavy (non-hydrogen) atoms. The van der Waals surface area contributed by atoms with Crippen molar-refractivity contribution < 1.29 is 9.59 Å². The third-order valence-corrected chi connectivity index (χ3v) is 4.31. The van der Waals surface area contributed by atoms with E-state index in [0.29, 0.717) is 6.54 Å². The van der Waals surface area contributed by atoms with Gasteiger partial charge in [0.2, 0.25) is 11.8 Å². The van der Waals surface area contributed by atoms with Crippen LogP contribution >= 0.6 is 11.3 Å². The van der Waals surface area contributed by atoms with E-state index in [1.54, 1.807) is 23.3 Å². The van der Waals surface area contributed by atoms with Crippen molar-refractivity contribution in [2.75, 3.05) is 13.6 Å². The summed E-state index contributed by atoms with van der Waals surface area (Å²) in [5, 5.41) is 3.47. The largest absolute Gasteiger partial charge is 0.346 e. The number of aromatic nitrogens is 1. The Morgan fingerprint density at radius 3 is 2.67 bits per heavy atom. The minimum Gasteiger partial charge on any atom is -0.346 e. The van der Waals surface area contributed by atoms with Crippen LogP contribution in [0.3, 0.4) is 0 Å². The van der Waals surface area contributed by atoms with Gasteiger partial charge in [0.1, 0.15) is 5.01 Å². The average molecular weight is 312 g/mol. The fraction of sp³-hybridized carbons (Fsp3) is 0.643. The van der Waals surface area contributed by atoms with Crippen molar-refractivity contribution in [2.45, 2.75) is 39.8 Å². The first kappa shape index (κ1) is 17.6. The van der Waals surface area contributed by atoms with Gasteiger partial charge in [-0.3, -0.25) is 9.59 Å². The number of likely N-dealkylation sites (N-methyl/N-ethyl adjacent to an activating group) is 1. The van der Waals surface area contributed by atoms with Crippen LogP contribution in [0.25, 0.3) is 0 Å². The fourth-order valence-corrected chi connectivity index (χ4v) is 2.51. The molecule has 1 rings (SSSR count). The summed E-state index contributed by atoms with van der Waals surface area (Å²) in [6, 6.07) is -0.589. The molecular weight excluding hydrogens is 288 g/mol. The van der Waals surface area contributed by atoms with E-state index in [1.165, 1.54) is 4.88 Å². The van der Waals surface area contributed by atoms with Gasteiger partial charge in [-0.05, 0) is 12.3 Å². The van der Waals surface area contributed by atoms with Gasteiger partial charge < -0.3 is 16.0 Å². The van der Waals surface area contributed by atoms with Gasteiger partial charge in [0.25, 0.3) is 0 Å². The molecule has 0 saturated heterocycles. The maximum Gasteiger partial charge on any atom is 0.242 e. The van der Waals surface area contributed by atoms with Gasteiger partial charge in [-0.1, -0.05) is 20.8 Å². The molecule has 1 aromatic heterocycles. The Balaban J connectivity index is 2.42. The van der Waals surface area contributed by atoms with E-state index in [0.717, 1.165) is 11.4 Å². The quantitative estimate of drug-likeness (QED) is 0.778. The van der Waals surface area contributed by atoms with E-state index in [4.69, 9.17) is 5.73 Å². The molecule has 0 aliphatic rings. The van der Waals surface area contributed by atoms with E-state index >= 15 is 0 Å². The molecule has 1 aromatic rings. The summed E-state index contributed by atoms with van der Waals surface area (Å²) in [6.07, 6.45) is 2.78. The number of carbonyl (C=O) groups is 2. The van der Waals surface area contributed by atoms with Crippen LogP contribution in [-0.4, -0.2) is 41.3 Å². The Morgan fingerprint density at radius 1 is 1.48 bits per heavy atom. The van der Waals surface area contributed by atoms with Crippen LogP contribution in [0.15, 0.2) is 6.20 Å². The van der Waals surface area contributed by atoms with E-state index in [2.05, 4.69) is 17.2 Å². The molecule has 0 aliphatic carbocycles. The van der Waals surface area contributed by atoms with Crippen LogP contribution in [-0.2, 0) is 22.6 Å². The first-order chi connectivity index (χ1) is 9.85. The smallest absolute Gasteiger partial charge is 0.242 e. The Kier molecular flexibility index (Phi) is 6.77. The lowest BCUT2D eigenvalue weighted by molar-refractivity contribution is -0.132. The standard InChI is InChI=1S/C14H24N4O2S/c1-5-10-6-16-11(21-10)8-18(4)12(19)7-17-14(20)13(15)9(2)3/h6,9,13H,5,7-8,15H2,1-4H3,(H,17,20)/t13-/m0/s1. The topological polar surface area (TPSA) is 88.3 Å². The van der Waals surface area contributed by atoms with E-state index in [9.17, 15) is 9.59 Å². The maximum atomic E-state index is 12.0. The molecule has 1 heterocycles. The lowest BCUT2D eigenvalue weighted by Gasteiger charge is -2.18. The highest BCUT2D eigenvalue weighted by Gasteiger charge is 2.19. The molecule has 118 valence electrons. The zero-order valence-corrected chi connectivity index (χ0v) is 13.9. The predicted octanol–water partition coefficient (Wildman–Crippen LogP) is 0.763. The zero-order valence-electron chi connectivity index (χ0n) is 13.0.